The van der Waals surface area contributed by atoms with Crippen molar-refractivity contribution in [3.63, 3.8) is 0 Å². The number of halogens is 2. The first-order chi connectivity index (χ1) is 8.31. The summed E-state index contributed by atoms with van der Waals surface area (Å²) >= 11 is 0. The Labute approximate surface area is 127 Å². The monoisotopic (exact) mass is 313 g/mol. The highest BCUT2D eigenvalue weighted by atomic mass is 35.5. The number of likely N-dealkylation sites (tertiary alicyclic amines) is 1. The zero-order chi connectivity index (χ0) is 12.1. The summed E-state index contributed by atoms with van der Waals surface area (Å²) in [4.78, 5) is 14.3. The summed E-state index contributed by atoms with van der Waals surface area (Å²) in [7, 11) is 0. The summed E-state index contributed by atoms with van der Waals surface area (Å²) in [5.74, 6) is 0.0279. The first kappa shape index (κ1) is 18.9. The maximum atomic E-state index is 11.9. The van der Waals surface area contributed by atoms with E-state index in [0.717, 1.165) is 19.6 Å². The van der Waals surface area contributed by atoms with Crippen LogP contribution in [0, 0.1) is 0 Å². The molecule has 2 N–H and O–H groups in total. The van der Waals surface area contributed by atoms with Crippen LogP contribution in [-0.2, 0) is 9.53 Å². The Hall–Kier alpha value is -0.0700. The Morgan fingerprint density at radius 3 is 2.89 bits per heavy atom. The smallest absolute Gasteiger partial charge is 0.250 e. The van der Waals surface area contributed by atoms with Crippen LogP contribution >= 0.6 is 24.8 Å². The van der Waals surface area contributed by atoms with Crippen LogP contribution in [-0.4, -0.2) is 62.3 Å². The zero-order valence-electron chi connectivity index (χ0n) is 11.4. The summed E-state index contributed by atoms with van der Waals surface area (Å²) in [5.41, 5.74) is 0. The van der Waals surface area contributed by atoms with Crippen molar-refractivity contribution in [1.82, 2.24) is 15.5 Å². The maximum absolute atomic E-state index is 11.9. The molecule has 7 heteroatoms. The van der Waals surface area contributed by atoms with Gasteiger partial charge in [-0.1, -0.05) is 6.92 Å². The molecule has 2 atom stereocenters. The maximum Gasteiger partial charge on any atom is 0.250 e. The molecule has 2 rings (SSSR count). The molecule has 1 unspecified atom stereocenters. The van der Waals surface area contributed by atoms with Crippen molar-refractivity contribution in [2.45, 2.75) is 31.9 Å². The second-order valence-electron chi connectivity index (χ2n) is 4.73. The van der Waals surface area contributed by atoms with Gasteiger partial charge in [0.1, 0.15) is 6.10 Å². The van der Waals surface area contributed by atoms with Crippen molar-refractivity contribution in [2.24, 2.45) is 0 Å². The molecule has 2 saturated heterocycles. The van der Waals surface area contributed by atoms with Crippen LogP contribution in [0.15, 0.2) is 0 Å². The Bertz CT molecular complexity index is 263. The third-order valence-electron chi connectivity index (χ3n) is 3.64. The lowest BCUT2D eigenvalue weighted by Gasteiger charge is -2.26. The third kappa shape index (κ3) is 5.44. The van der Waals surface area contributed by atoms with Crippen LogP contribution in [0.5, 0.6) is 0 Å². The standard InChI is InChI=1S/C12H23N3O2.2ClH/c1-2-15-6-3-4-10(15)8-14-12(16)11-9-13-5-7-17-11;;/h10-11,13H,2-9H2,1H3,(H,14,16);2*1H/t10?,11-;;/m1../s1. The molecule has 2 aliphatic heterocycles. The van der Waals surface area contributed by atoms with Crippen LogP contribution in [0.4, 0.5) is 0 Å². The number of rotatable bonds is 4. The number of nitrogens with zero attached hydrogens (tertiary/aromatic N) is 1. The fourth-order valence-electron chi connectivity index (χ4n) is 2.61. The van der Waals surface area contributed by atoms with E-state index in [1.165, 1.54) is 19.4 Å². The Balaban J connectivity index is 0.00000162. The van der Waals surface area contributed by atoms with Gasteiger partial charge in [0.15, 0.2) is 0 Å². The fourth-order valence-corrected chi connectivity index (χ4v) is 2.61. The molecule has 0 spiro atoms. The molecule has 0 aromatic rings. The number of ether oxygens (including phenoxy) is 1. The van der Waals surface area contributed by atoms with Crippen LogP contribution in [0.25, 0.3) is 0 Å². The van der Waals surface area contributed by atoms with Crippen molar-refractivity contribution in [1.29, 1.82) is 0 Å². The minimum atomic E-state index is -0.305. The van der Waals surface area contributed by atoms with Crippen LogP contribution in [0.2, 0.25) is 0 Å². The van der Waals surface area contributed by atoms with E-state index in [-0.39, 0.29) is 36.8 Å². The summed E-state index contributed by atoms with van der Waals surface area (Å²) in [6, 6.07) is 0.514. The third-order valence-corrected chi connectivity index (χ3v) is 3.64. The molecule has 114 valence electrons. The summed E-state index contributed by atoms with van der Waals surface area (Å²) in [6.45, 7) is 7.27. The van der Waals surface area contributed by atoms with Gasteiger partial charge in [0.2, 0.25) is 0 Å². The molecule has 0 aromatic carbocycles. The largest absolute Gasteiger partial charge is 0.366 e. The predicted molar refractivity (Wildman–Crippen MR) is 80.4 cm³/mol. The lowest BCUT2D eigenvalue weighted by Crippen LogP contribution is -2.50. The first-order valence-electron chi connectivity index (χ1n) is 6.65. The van der Waals surface area contributed by atoms with E-state index >= 15 is 0 Å². The number of likely N-dealkylation sites (N-methyl/N-ethyl adjacent to an activating group) is 1. The van der Waals surface area contributed by atoms with Crippen LogP contribution < -0.4 is 10.6 Å². The first-order valence-corrected chi connectivity index (χ1v) is 6.65. The molecule has 2 heterocycles. The van der Waals surface area contributed by atoms with Gasteiger partial charge in [0.25, 0.3) is 5.91 Å². The molecule has 0 radical (unpaired) electrons. The van der Waals surface area contributed by atoms with E-state index in [2.05, 4.69) is 22.5 Å². The number of amides is 1. The minimum absolute atomic E-state index is 0. The van der Waals surface area contributed by atoms with Crippen molar-refractivity contribution in [2.75, 3.05) is 39.3 Å². The summed E-state index contributed by atoms with van der Waals surface area (Å²) in [6.07, 6.45) is 2.13. The van der Waals surface area contributed by atoms with Gasteiger partial charge in [0.05, 0.1) is 6.61 Å². The SMILES string of the molecule is CCN1CCCC1CNC(=O)[C@H]1CNCCO1.Cl.Cl. The number of carbonyl (C=O) groups is 1. The van der Waals surface area contributed by atoms with E-state index in [4.69, 9.17) is 4.74 Å². The van der Waals surface area contributed by atoms with Crippen LogP contribution in [0.1, 0.15) is 19.8 Å². The van der Waals surface area contributed by atoms with Crippen molar-refractivity contribution in [3.05, 3.63) is 0 Å². The average Bonchev–Trinajstić information content (AvgIpc) is 2.84. The molecular weight excluding hydrogens is 289 g/mol. The molecule has 0 aliphatic carbocycles. The van der Waals surface area contributed by atoms with E-state index in [1.807, 2.05) is 0 Å². The van der Waals surface area contributed by atoms with Gasteiger partial charge < -0.3 is 15.4 Å². The number of hydrogen-bond acceptors (Lipinski definition) is 4. The van der Waals surface area contributed by atoms with Gasteiger partial charge in [0, 0.05) is 25.7 Å². The van der Waals surface area contributed by atoms with Crippen molar-refractivity contribution >= 4 is 30.7 Å². The Morgan fingerprint density at radius 1 is 1.47 bits per heavy atom. The Morgan fingerprint density at radius 2 is 2.26 bits per heavy atom. The Kier molecular flexibility index (Phi) is 9.74. The molecule has 0 aromatic heterocycles. The molecule has 19 heavy (non-hydrogen) atoms. The highest BCUT2D eigenvalue weighted by molar-refractivity contribution is 5.85. The van der Waals surface area contributed by atoms with Gasteiger partial charge in [-0.25, -0.2) is 0 Å². The number of morpholine rings is 1. The van der Waals surface area contributed by atoms with E-state index in [1.54, 1.807) is 0 Å². The summed E-state index contributed by atoms with van der Waals surface area (Å²) < 4.78 is 5.42. The molecular formula is C12H25Cl2N3O2. The summed E-state index contributed by atoms with van der Waals surface area (Å²) in [5, 5.41) is 6.18. The van der Waals surface area contributed by atoms with Gasteiger partial charge in [-0.15, -0.1) is 24.8 Å². The molecule has 0 bridgehead atoms. The van der Waals surface area contributed by atoms with Crippen molar-refractivity contribution < 1.29 is 9.53 Å². The van der Waals surface area contributed by atoms with Gasteiger partial charge >= 0.3 is 0 Å². The second kappa shape index (κ2) is 9.77. The predicted octanol–water partition coefficient (Wildman–Crippen LogP) is 0.419. The van der Waals surface area contributed by atoms with E-state index < -0.39 is 0 Å². The highest BCUT2D eigenvalue weighted by Crippen LogP contribution is 2.15. The highest BCUT2D eigenvalue weighted by Gasteiger charge is 2.26. The van der Waals surface area contributed by atoms with Gasteiger partial charge in [-0.2, -0.15) is 0 Å². The van der Waals surface area contributed by atoms with Gasteiger partial charge in [-0.3, -0.25) is 9.69 Å². The molecule has 2 fully saturated rings. The lowest BCUT2D eigenvalue weighted by molar-refractivity contribution is -0.134. The molecule has 2 aliphatic rings. The number of carbonyl (C=O) groups excluding carboxylic acids is 1. The quantitative estimate of drug-likeness (QED) is 0.790. The second-order valence-corrected chi connectivity index (χ2v) is 4.73. The number of nitrogens with one attached hydrogen (secondary N) is 2. The molecule has 1 amide bonds. The normalized spacial score (nSPS) is 27.2. The average molecular weight is 314 g/mol. The van der Waals surface area contributed by atoms with E-state index in [0.29, 0.717) is 19.2 Å². The van der Waals surface area contributed by atoms with Crippen molar-refractivity contribution in [3.8, 4) is 0 Å². The zero-order valence-corrected chi connectivity index (χ0v) is 13.0. The van der Waals surface area contributed by atoms with Crippen LogP contribution in [0.3, 0.4) is 0 Å². The topological polar surface area (TPSA) is 53.6 Å². The van der Waals surface area contributed by atoms with Gasteiger partial charge in [-0.05, 0) is 25.9 Å². The molecule has 5 nitrogen and oxygen atoms in total. The fraction of sp³-hybridized carbons (Fsp3) is 0.917. The minimum Gasteiger partial charge on any atom is -0.366 e. The van der Waals surface area contributed by atoms with E-state index in [9.17, 15) is 4.79 Å². The molecule has 0 saturated carbocycles. The lowest BCUT2D eigenvalue weighted by atomic mass is 10.2. The number of hydrogen-bond donors (Lipinski definition) is 2.